The van der Waals surface area contributed by atoms with Gasteiger partial charge >= 0.3 is 0 Å². The van der Waals surface area contributed by atoms with Crippen LogP contribution in [0.5, 0.6) is 0 Å². The number of anilines is 1. The van der Waals surface area contributed by atoms with E-state index in [1.807, 2.05) is 31.2 Å². The van der Waals surface area contributed by atoms with Crippen LogP contribution in [-0.4, -0.2) is 51.9 Å². The molecule has 1 aliphatic heterocycles. The first-order valence-corrected chi connectivity index (χ1v) is 11.7. The van der Waals surface area contributed by atoms with Crippen LogP contribution in [0.2, 0.25) is 0 Å². The molecule has 1 N–H and O–H groups in total. The number of rotatable bonds is 5. The van der Waals surface area contributed by atoms with Crippen LogP contribution in [0.1, 0.15) is 39.9 Å². The molecule has 3 rings (SSSR count). The highest BCUT2D eigenvalue weighted by Gasteiger charge is 2.25. The number of piperidine rings is 1. The SMILES string of the molecule is Cc1cc(C(=O)NC2CCN(c3ccc(C#N)cc3)CC2)cc(S(=O)(=O)N(C)C)c1C. The number of amides is 1. The number of aryl methyl sites for hydroxylation is 1. The highest BCUT2D eigenvalue weighted by molar-refractivity contribution is 7.89. The maximum atomic E-state index is 12.9. The van der Waals surface area contributed by atoms with Crippen molar-refractivity contribution in [2.75, 3.05) is 32.1 Å². The van der Waals surface area contributed by atoms with Crippen LogP contribution in [-0.2, 0) is 10.0 Å². The van der Waals surface area contributed by atoms with Crippen molar-refractivity contribution in [2.45, 2.75) is 37.6 Å². The topological polar surface area (TPSA) is 93.5 Å². The molecule has 0 atom stereocenters. The van der Waals surface area contributed by atoms with Crippen molar-refractivity contribution in [3.63, 3.8) is 0 Å². The predicted octanol–water partition coefficient (Wildman–Crippen LogP) is 2.82. The molecule has 8 heteroatoms. The van der Waals surface area contributed by atoms with E-state index in [1.54, 1.807) is 13.0 Å². The van der Waals surface area contributed by atoms with Gasteiger partial charge in [0.2, 0.25) is 10.0 Å². The van der Waals surface area contributed by atoms with Crippen molar-refractivity contribution >= 4 is 21.6 Å². The standard InChI is InChI=1S/C23H28N4O3S/c1-16-13-19(14-22(17(16)2)31(29,30)26(3)4)23(28)25-20-9-11-27(12-10-20)21-7-5-18(15-24)6-8-21/h5-8,13-14,20H,9-12H2,1-4H3,(H,25,28). The third-order valence-electron chi connectivity index (χ3n) is 5.83. The molecule has 7 nitrogen and oxygen atoms in total. The summed E-state index contributed by atoms with van der Waals surface area (Å²) in [5.41, 5.74) is 3.48. The molecular formula is C23H28N4O3S. The Bertz CT molecular complexity index is 1110. The van der Waals surface area contributed by atoms with Crippen LogP contribution in [0.3, 0.4) is 0 Å². The lowest BCUT2D eigenvalue weighted by Crippen LogP contribution is -2.44. The highest BCUT2D eigenvalue weighted by atomic mass is 32.2. The van der Waals surface area contributed by atoms with E-state index in [2.05, 4.69) is 16.3 Å². The molecule has 31 heavy (non-hydrogen) atoms. The Kier molecular flexibility index (Phi) is 6.68. The lowest BCUT2D eigenvalue weighted by molar-refractivity contribution is 0.0931. The molecule has 0 saturated carbocycles. The third-order valence-corrected chi connectivity index (χ3v) is 7.77. The van der Waals surface area contributed by atoms with Gasteiger partial charge in [-0.3, -0.25) is 4.79 Å². The summed E-state index contributed by atoms with van der Waals surface area (Å²) in [7, 11) is -0.666. The number of sulfonamides is 1. The minimum Gasteiger partial charge on any atom is -0.371 e. The molecule has 0 aromatic heterocycles. The van der Waals surface area contributed by atoms with Gasteiger partial charge in [0.05, 0.1) is 16.5 Å². The van der Waals surface area contributed by atoms with E-state index in [1.165, 1.54) is 20.2 Å². The zero-order valence-corrected chi connectivity index (χ0v) is 19.2. The quantitative estimate of drug-likeness (QED) is 0.772. The van der Waals surface area contributed by atoms with Crippen molar-refractivity contribution in [3.8, 4) is 6.07 Å². The molecule has 2 aromatic rings. The molecule has 1 heterocycles. The van der Waals surface area contributed by atoms with Crippen molar-refractivity contribution in [3.05, 3.63) is 58.7 Å². The summed E-state index contributed by atoms with van der Waals surface area (Å²) in [4.78, 5) is 15.3. The van der Waals surface area contributed by atoms with Crippen LogP contribution in [0.4, 0.5) is 5.69 Å². The van der Waals surface area contributed by atoms with Crippen molar-refractivity contribution in [1.82, 2.24) is 9.62 Å². The van der Waals surface area contributed by atoms with E-state index in [9.17, 15) is 13.2 Å². The summed E-state index contributed by atoms with van der Waals surface area (Å²) in [5, 5.41) is 12.0. The largest absolute Gasteiger partial charge is 0.371 e. The number of carbonyl (C=O) groups excluding carboxylic acids is 1. The molecule has 1 amide bonds. The number of benzene rings is 2. The number of hydrogen-bond donors (Lipinski definition) is 1. The lowest BCUT2D eigenvalue weighted by Gasteiger charge is -2.34. The summed E-state index contributed by atoms with van der Waals surface area (Å²) in [6.07, 6.45) is 1.58. The minimum absolute atomic E-state index is 0.0256. The van der Waals surface area contributed by atoms with Gasteiger partial charge in [0.1, 0.15) is 0 Å². The maximum absolute atomic E-state index is 12.9. The van der Waals surface area contributed by atoms with Gasteiger partial charge in [-0.15, -0.1) is 0 Å². The van der Waals surface area contributed by atoms with Gasteiger partial charge in [0, 0.05) is 44.5 Å². The number of carbonyl (C=O) groups is 1. The van der Waals surface area contributed by atoms with Gasteiger partial charge in [-0.05, 0) is 74.2 Å². The molecule has 0 radical (unpaired) electrons. The van der Waals surface area contributed by atoms with Crippen LogP contribution >= 0.6 is 0 Å². The molecule has 0 unspecified atom stereocenters. The Labute approximate surface area is 184 Å². The molecule has 1 fully saturated rings. The van der Waals surface area contributed by atoms with Gasteiger partial charge in [-0.25, -0.2) is 12.7 Å². The van der Waals surface area contributed by atoms with Gasteiger partial charge in [-0.2, -0.15) is 5.26 Å². The van der Waals surface area contributed by atoms with Gasteiger partial charge in [0.15, 0.2) is 0 Å². The van der Waals surface area contributed by atoms with E-state index >= 15 is 0 Å². The van der Waals surface area contributed by atoms with Crippen molar-refractivity contribution in [1.29, 1.82) is 5.26 Å². The van der Waals surface area contributed by atoms with E-state index < -0.39 is 10.0 Å². The second-order valence-corrected chi connectivity index (χ2v) is 10.2. The number of hydrogen-bond acceptors (Lipinski definition) is 5. The van der Waals surface area contributed by atoms with Gasteiger partial charge < -0.3 is 10.2 Å². The summed E-state index contributed by atoms with van der Waals surface area (Å²) < 4.78 is 26.5. The average Bonchev–Trinajstić information content (AvgIpc) is 2.75. The Morgan fingerprint density at radius 2 is 1.74 bits per heavy atom. The maximum Gasteiger partial charge on any atom is 0.251 e. The molecule has 1 aliphatic rings. The van der Waals surface area contributed by atoms with E-state index in [0.717, 1.165) is 41.5 Å². The highest BCUT2D eigenvalue weighted by Crippen LogP contribution is 2.24. The van der Waals surface area contributed by atoms with E-state index in [-0.39, 0.29) is 16.8 Å². The minimum atomic E-state index is -3.64. The smallest absolute Gasteiger partial charge is 0.251 e. The molecule has 164 valence electrons. The molecule has 0 aliphatic carbocycles. The number of nitrogens with zero attached hydrogens (tertiary/aromatic N) is 3. The Hall–Kier alpha value is -2.89. The summed E-state index contributed by atoms with van der Waals surface area (Å²) in [6.45, 7) is 5.16. The molecular weight excluding hydrogens is 412 g/mol. The first-order valence-electron chi connectivity index (χ1n) is 10.2. The molecule has 0 bridgehead atoms. The first kappa shape index (κ1) is 22.8. The summed E-state index contributed by atoms with van der Waals surface area (Å²) in [5.74, 6) is -0.255. The van der Waals surface area contributed by atoms with Crippen LogP contribution in [0.25, 0.3) is 0 Å². The van der Waals surface area contributed by atoms with Crippen molar-refractivity contribution in [2.24, 2.45) is 0 Å². The van der Waals surface area contributed by atoms with Crippen LogP contribution in [0.15, 0.2) is 41.3 Å². The number of nitriles is 1. The van der Waals surface area contributed by atoms with Crippen LogP contribution < -0.4 is 10.2 Å². The van der Waals surface area contributed by atoms with E-state index in [4.69, 9.17) is 5.26 Å². The average molecular weight is 441 g/mol. The Balaban J connectivity index is 1.69. The number of nitrogens with one attached hydrogen (secondary N) is 1. The second kappa shape index (κ2) is 9.08. The Morgan fingerprint density at radius 3 is 2.29 bits per heavy atom. The monoisotopic (exact) mass is 440 g/mol. The first-order chi connectivity index (χ1) is 14.6. The fraction of sp³-hybridized carbons (Fsp3) is 0.391. The Morgan fingerprint density at radius 1 is 1.13 bits per heavy atom. The normalized spacial score (nSPS) is 15.0. The fourth-order valence-corrected chi connectivity index (χ4v) is 4.94. The predicted molar refractivity (Wildman–Crippen MR) is 121 cm³/mol. The van der Waals surface area contributed by atoms with Gasteiger partial charge in [0.25, 0.3) is 5.91 Å². The fourth-order valence-electron chi connectivity index (χ4n) is 3.72. The summed E-state index contributed by atoms with van der Waals surface area (Å²) >= 11 is 0. The van der Waals surface area contributed by atoms with Crippen LogP contribution in [0, 0.1) is 25.2 Å². The van der Waals surface area contributed by atoms with Gasteiger partial charge in [-0.1, -0.05) is 0 Å². The molecule has 0 spiro atoms. The summed E-state index contributed by atoms with van der Waals surface area (Å²) in [6, 6.07) is 12.9. The third kappa shape index (κ3) is 4.89. The molecule has 1 saturated heterocycles. The lowest BCUT2D eigenvalue weighted by atomic mass is 10.0. The van der Waals surface area contributed by atoms with E-state index in [0.29, 0.717) is 16.7 Å². The zero-order valence-electron chi connectivity index (χ0n) is 18.3. The van der Waals surface area contributed by atoms with Crippen molar-refractivity contribution < 1.29 is 13.2 Å². The zero-order chi connectivity index (χ0) is 22.8. The molecule has 2 aromatic carbocycles. The second-order valence-electron chi connectivity index (χ2n) is 8.10.